The fourth-order valence-electron chi connectivity index (χ4n) is 5.57. The van der Waals surface area contributed by atoms with Gasteiger partial charge >= 0.3 is 5.97 Å². The Balaban J connectivity index is 1.96. The molecule has 23 heavy (non-hydrogen) atoms. The van der Waals surface area contributed by atoms with E-state index < -0.39 is 22.7 Å². The van der Waals surface area contributed by atoms with Gasteiger partial charge in [0.05, 0.1) is 0 Å². The van der Waals surface area contributed by atoms with Gasteiger partial charge in [-0.3, -0.25) is 19.2 Å². The van der Waals surface area contributed by atoms with Crippen molar-refractivity contribution in [3.63, 3.8) is 0 Å². The number of fused-ring (bicyclic) bond motifs is 3. The minimum absolute atomic E-state index is 0.00932. The predicted octanol–water partition coefficient (Wildman–Crippen LogP) is 2.41. The van der Waals surface area contributed by atoms with Crippen molar-refractivity contribution in [1.29, 1.82) is 0 Å². The Labute approximate surface area is 135 Å². The molecule has 5 atom stereocenters. The largest absolute Gasteiger partial charge is 0.481 e. The van der Waals surface area contributed by atoms with E-state index in [1.54, 1.807) is 6.92 Å². The van der Waals surface area contributed by atoms with Crippen LogP contribution in [-0.4, -0.2) is 28.4 Å². The molecule has 1 unspecified atom stereocenters. The minimum atomic E-state index is -0.940. The molecule has 0 saturated heterocycles. The Morgan fingerprint density at radius 3 is 2.43 bits per heavy atom. The molecule has 0 aliphatic heterocycles. The van der Waals surface area contributed by atoms with Gasteiger partial charge in [0.15, 0.2) is 0 Å². The number of carbonyl (C=O) groups excluding carboxylic acids is 3. The molecule has 0 heterocycles. The summed E-state index contributed by atoms with van der Waals surface area (Å²) in [6, 6.07) is 0. The molecule has 0 radical (unpaired) electrons. The van der Waals surface area contributed by atoms with E-state index in [4.69, 9.17) is 5.11 Å². The average molecular weight is 320 g/mol. The van der Waals surface area contributed by atoms with E-state index >= 15 is 0 Å². The first-order valence-electron chi connectivity index (χ1n) is 8.51. The molecule has 1 N–H and O–H groups in total. The Bertz CT molecular complexity index is 594. The maximum absolute atomic E-state index is 12.9. The van der Waals surface area contributed by atoms with E-state index in [0.717, 1.165) is 6.42 Å². The Hall–Kier alpha value is -1.52. The molecule has 0 aromatic rings. The molecule has 5 nitrogen and oxygen atoms in total. The zero-order valence-electron chi connectivity index (χ0n) is 13.8. The van der Waals surface area contributed by atoms with Crippen molar-refractivity contribution in [2.75, 3.05) is 0 Å². The van der Waals surface area contributed by atoms with Crippen LogP contribution in [0.3, 0.4) is 0 Å². The second kappa shape index (κ2) is 5.25. The van der Waals surface area contributed by atoms with Crippen LogP contribution in [0.5, 0.6) is 0 Å². The molecule has 3 fully saturated rings. The van der Waals surface area contributed by atoms with Crippen LogP contribution in [0, 0.1) is 28.6 Å². The quantitative estimate of drug-likeness (QED) is 0.862. The third kappa shape index (κ3) is 2.27. The number of rotatable bonds is 3. The summed E-state index contributed by atoms with van der Waals surface area (Å²) in [6.45, 7) is 3.68. The van der Waals surface area contributed by atoms with E-state index in [-0.39, 0.29) is 48.4 Å². The van der Waals surface area contributed by atoms with E-state index in [1.165, 1.54) is 0 Å². The molecular weight excluding hydrogens is 296 g/mol. The maximum atomic E-state index is 12.9. The highest BCUT2D eigenvalue weighted by Gasteiger charge is 2.62. The van der Waals surface area contributed by atoms with Crippen molar-refractivity contribution < 1.29 is 24.3 Å². The molecule has 0 amide bonds. The summed E-state index contributed by atoms with van der Waals surface area (Å²) in [7, 11) is 0. The number of carbonyl (C=O) groups is 4. The van der Waals surface area contributed by atoms with Crippen LogP contribution in [0.2, 0.25) is 0 Å². The van der Waals surface area contributed by atoms with Crippen molar-refractivity contribution in [2.45, 2.75) is 58.8 Å². The predicted molar refractivity (Wildman–Crippen MR) is 81.7 cm³/mol. The lowest BCUT2D eigenvalue weighted by atomic mass is 9.48. The SMILES string of the molecule is C[C@]1(CCC(=O)O)C(=O)CC[C@H]2C3CCC(=O)[C@@]3(C)CC(=O)[C@@H]21. The minimum Gasteiger partial charge on any atom is -0.481 e. The fraction of sp³-hybridized carbons (Fsp3) is 0.778. The zero-order chi connectivity index (χ0) is 17.0. The van der Waals surface area contributed by atoms with E-state index in [1.807, 2.05) is 6.92 Å². The summed E-state index contributed by atoms with van der Waals surface area (Å²) in [5.41, 5.74) is -1.45. The Morgan fingerprint density at radius 2 is 1.78 bits per heavy atom. The third-order valence-electron chi connectivity index (χ3n) is 6.86. The molecule has 126 valence electrons. The van der Waals surface area contributed by atoms with E-state index in [2.05, 4.69) is 0 Å². The van der Waals surface area contributed by atoms with E-state index in [0.29, 0.717) is 19.3 Å². The number of aliphatic carboxylic acids is 1. The molecule has 0 spiro atoms. The lowest BCUT2D eigenvalue weighted by Crippen LogP contribution is -2.56. The number of Topliss-reactive ketones (excluding diaryl/α,β-unsaturated/α-hetero) is 3. The van der Waals surface area contributed by atoms with Crippen molar-refractivity contribution in [3.8, 4) is 0 Å². The number of ketones is 3. The summed E-state index contributed by atoms with van der Waals surface area (Å²) in [6.07, 6.45) is 2.71. The molecule has 3 aliphatic carbocycles. The normalized spacial score (nSPS) is 43.2. The van der Waals surface area contributed by atoms with Crippen molar-refractivity contribution in [2.24, 2.45) is 28.6 Å². The highest BCUT2D eigenvalue weighted by Crippen LogP contribution is 2.60. The first-order chi connectivity index (χ1) is 10.7. The molecule has 3 saturated carbocycles. The molecular formula is C18H24O5. The van der Waals surface area contributed by atoms with Crippen LogP contribution in [0.25, 0.3) is 0 Å². The summed E-state index contributed by atoms with van der Waals surface area (Å²) in [4.78, 5) is 48.7. The molecule has 0 aromatic carbocycles. The lowest BCUT2D eigenvalue weighted by molar-refractivity contribution is -0.160. The standard InChI is InChI=1S/C18H24O5/c1-17(8-7-15(22)23)13(20)5-3-10-11-4-6-14(21)18(11,2)9-12(19)16(10)17/h10-11,16H,3-9H2,1-2H3,(H,22,23)/t10-,11?,16+,17-,18-/m0/s1. The molecule has 5 heteroatoms. The van der Waals surface area contributed by atoms with Gasteiger partial charge in [0, 0.05) is 42.4 Å². The summed E-state index contributed by atoms with van der Waals surface area (Å²) in [5, 5.41) is 8.99. The second-order valence-electron chi connectivity index (χ2n) is 8.04. The maximum Gasteiger partial charge on any atom is 0.303 e. The zero-order valence-corrected chi connectivity index (χ0v) is 13.8. The smallest absolute Gasteiger partial charge is 0.303 e. The van der Waals surface area contributed by atoms with Crippen LogP contribution in [-0.2, 0) is 19.2 Å². The number of carboxylic acids is 1. The molecule has 3 aliphatic rings. The van der Waals surface area contributed by atoms with Crippen LogP contribution in [0.4, 0.5) is 0 Å². The monoisotopic (exact) mass is 320 g/mol. The number of hydrogen-bond acceptors (Lipinski definition) is 4. The van der Waals surface area contributed by atoms with Gasteiger partial charge in [-0.25, -0.2) is 0 Å². The molecule has 0 bridgehead atoms. The fourth-order valence-corrected chi connectivity index (χ4v) is 5.57. The lowest BCUT2D eigenvalue weighted by Gasteiger charge is -2.52. The molecule has 0 aromatic heterocycles. The van der Waals surface area contributed by atoms with E-state index in [9.17, 15) is 19.2 Å². The van der Waals surface area contributed by atoms with Crippen molar-refractivity contribution in [1.82, 2.24) is 0 Å². The van der Waals surface area contributed by atoms with Gasteiger partial charge in [-0.15, -0.1) is 0 Å². The summed E-state index contributed by atoms with van der Waals surface area (Å²) < 4.78 is 0. The first kappa shape index (κ1) is 16.3. The van der Waals surface area contributed by atoms with Gasteiger partial charge in [0.25, 0.3) is 0 Å². The number of carboxylic acid groups (broad SMARTS) is 1. The van der Waals surface area contributed by atoms with Gasteiger partial charge < -0.3 is 5.11 Å². The third-order valence-corrected chi connectivity index (χ3v) is 6.86. The second-order valence-corrected chi connectivity index (χ2v) is 8.04. The van der Waals surface area contributed by atoms with Crippen LogP contribution in [0.15, 0.2) is 0 Å². The van der Waals surface area contributed by atoms with Gasteiger partial charge in [0.1, 0.15) is 17.3 Å². The highest BCUT2D eigenvalue weighted by atomic mass is 16.4. The summed E-state index contributed by atoms with van der Waals surface area (Å²) >= 11 is 0. The van der Waals surface area contributed by atoms with Crippen LogP contribution >= 0.6 is 0 Å². The number of hydrogen-bond donors (Lipinski definition) is 1. The highest BCUT2D eigenvalue weighted by molar-refractivity contribution is 5.99. The first-order valence-corrected chi connectivity index (χ1v) is 8.51. The topological polar surface area (TPSA) is 88.5 Å². The Kier molecular flexibility index (Phi) is 3.73. The van der Waals surface area contributed by atoms with Crippen molar-refractivity contribution in [3.05, 3.63) is 0 Å². The average Bonchev–Trinajstić information content (AvgIpc) is 2.76. The van der Waals surface area contributed by atoms with Gasteiger partial charge in [-0.2, -0.15) is 0 Å². The van der Waals surface area contributed by atoms with Gasteiger partial charge in [0.2, 0.25) is 0 Å². The molecule has 3 rings (SSSR count). The van der Waals surface area contributed by atoms with Crippen molar-refractivity contribution >= 4 is 23.3 Å². The van der Waals surface area contributed by atoms with Crippen LogP contribution < -0.4 is 0 Å². The van der Waals surface area contributed by atoms with Gasteiger partial charge in [-0.1, -0.05) is 13.8 Å². The van der Waals surface area contributed by atoms with Crippen LogP contribution in [0.1, 0.15) is 58.8 Å². The Morgan fingerprint density at radius 1 is 1.13 bits per heavy atom. The van der Waals surface area contributed by atoms with Gasteiger partial charge in [-0.05, 0) is 31.1 Å². The summed E-state index contributed by atoms with van der Waals surface area (Å²) in [5.74, 6) is -0.957.